The number of benzene rings is 1. The minimum atomic E-state index is -4.13. The third-order valence-corrected chi connectivity index (χ3v) is 3.92. The molecule has 0 aromatic heterocycles. The van der Waals surface area contributed by atoms with Crippen LogP contribution in [0.3, 0.4) is 0 Å². The molecule has 110 valence electrons. The van der Waals surface area contributed by atoms with Crippen molar-refractivity contribution in [3.05, 3.63) is 29.8 Å². The van der Waals surface area contributed by atoms with Gasteiger partial charge in [-0.25, -0.2) is 0 Å². The van der Waals surface area contributed by atoms with Gasteiger partial charge in [0.25, 0.3) is 0 Å². The van der Waals surface area contributed by atoms with Crippen LogP contribution in [0.25, 0.3) is 0 Å². The molecule has 0 aliphatic heterocycles. The van der Waals surface area contributed by atoms with E-state index in [2.05, 4.69) is 0 Å². The number of ether oxygens (including phenoxy) is 1. The van der Waals surface area contributed by atoms with E-state index in [1.54, 1.807) is 24.3 Å². The first-order valence-electron chi connectivity index (χ1n) is 6.67. The Kier molecular flexibility index (Phi) is 4.35. The molecule has 0 N–H and O–H groups in total. The Bertz CT molecular complexity index is 474. The van der Waals surface area contributed by atoms with Crippen molar-refractivity contribution in [2.24, 2.45) is 11.8 Å². The van der Waals surface area contributed by atoms with Gasteiger partial charge in [0.2, 0.25) is 0 Å². The first kappa shape index (κ1) is 14.9. The average molecular weight is 286 g/mol. The van der Waals surface area contributed by atoms with Crippen LogP contribution < -0.4 is 4.74 Å². The number of rotatable bonds is 3. The molecule has 2 nitrogen and oxygen atoms in total. The van der Waals surface area contributed by atoms with Gasteiger partial charge in [0.1, 0.15) is 5.75 Å². The minimum Gasteiger partial charge on any atom is -0.497 e. The van der Waals surface area contributed by atoms with Crippen molar-refractivity contribution in [1.82, 2.24) is 0 Å². The van der Waals surface area contributed by atoms with Gasteiger partial charge in [-0.1, -0.05) is 12.1 Å². The maximum absolute atomic E-state index is 12.6. The molecular weight excluding hydrogens is 269 g/mol. The van der Waals surface area contributed by atoms with E-state index in [0.717, 1.165) is 0 Å². The number of alkyl halides is 3. The SMILES string of the molecule is COc1cccc(C(=O)C2CCC(C(F)(F)F)CC2)c1. The summed E-state index contributed by atoms with van der Waals surface area (Å²) in [4.78, 5) is 12.3. The van der Waals surface area contributed by atoms with Crippen LogP contribution in [0, 0.1) is 11.8 Å². The van der Waals surface area contributed by atoms with Gasteiger partial charge in [0, 0.05) is 11.5 Å². The fraction of sp³-hybridized carbons (Fsp3) is 0.533. The third-order valence-electron chi connectivity index (χ3n) is 3.92. The number of hydrogen-bond donors (Lipinski definition) is 0. The van der Waals surface area contributed by atoms with Crippen molar-refractivity contribution in [3.8, 4) is 5.75 Å². The molecule has 1 aliphatic rings. The van der Waals surface area contributed by atoms with Gasteiger partial charge < -0.3 is 4.74 Å². The Hall–Kier alpha value is -1.52. The zero-order chi connectivity index (χ0) is 14.8. The van der Waals surface area contributed by atoms with Crippen LogP contribution in [0.15, 0.2) is 24.3 Å². The lowest BCUT2D eigenvalue weighted by Gasteiger charge is -2.29. The Labute approximate surface area is 115 Å². The summed E-state index contributed by atoms with van der Waals surface area (Å²) in [6.45, 7) is 0. The van der Waals surface area contributed by atoms with Gasteiger partial charge >= 0.3 is 6.18 Å². The van der Waals surface area contributed by atoms with E-state index in [4.69, 9.17) is 4.74 Å². The largest absolute Gasteiger partial charge is 0.497 e. The van der Waals surface area contributed by atoms with Crippen LogP contribution in [0.1, 0.15) is 36.0 Å². The normalized spacial score (nSPS) is 23.4. The zero-order valence-corrected chi connectivity index (χ0v) is 11.2. The third kappa shape index (κ3) is 3.32. The molecular formula is C15H17F3O2. The highest BCUT2D eigenvalue weighted by Crippen LogP contribution is 2.40. The number of Topliss-reactive ketones (excluding diaryl/α,β-unsaturated/α-hetero) is 1. The van der Waals surface area contributed by atoms with Gasteiger partial charge in [-0.15, -0.1) is 0 Å². The highest BCUT2D eigenvalue weighted by molar-refractivity contribution is 5.98. The summed E-state index contributed by atoms with van der Waals surface area (Å²) >= 11 is 0. The van der Waals surface area contributed by atoms with Gasteiger partial charge in [-0.05, 0) is 37.8 Å². The summed E-state index contributed by atoms with van der Waals surface area (Å²) in [6, 6.07) is 6.77. The van der Waals surface area contributed by atoms with Crippen molar-refractivity contribution in [2.75, 3.05) is 7.11 Å². The maximum Gasteiger partial charge on any atom is 0.391 e. The van der Waals surface area contributed by atoms with E-state index in [-0.39, 0.29) is 24.5 Å². The van der Waals surface area contributed by atoms with Crippen LogP contribution in [-0.4, -0.2) is 19.1 Å². The molecule has 0 unspecified atom stereocenters. The average Bonchev–Trinajstić information content (AvgIpc) is 2.46. The summed E-state index contributed by atoms with van der Waals surface area (Å²) in [7, 11) is 1.51. The number of methoxy groups -OCH3 is 1. The molecule has 0 amide bonds. The molecule has 20 heavy (non-hydrogen) atoms. The van der Waals surface area contributed by atoms with E-state index < -0.39 is 12.1 Å². The van der Waals surface area contributed by atoms with Crippen LogP contribution in [0.5, 0.6) is 5.75 Å². The second-order valence-electron chi connectivity index (χ2n) is 5.19. The Morgan fingerprint density at radius 3 is 2.40 bits per heavy atom. The summed E-state index contributed by atoms with van der Waals surface area (Å²) in [5, 5.41) is 0. The molecule has 1 saturated carbocycles. The molecule has 0 atom stereocenters. The van der Waals surface area contributed by atoms with Gasteiger partial charge in [0.05, 0.1) is 13.0 Å². The number of halogens is 3. The Morgan fingerprint density at radius 2 is 1.85 bits per heavy atom. The van der Waals surface area contributed by atoms with Crippen LogP contribution in [-0.2, 0) is 0 Å². The molecule has 5 heteroatoms. The summed E-state index contributed by atoms with van der Waals surface area (Å²) in [6.07, 6.45) is -3.43. The highest BCUT2D eigenvalue weighted by atomic mass is 19.4. The quantitative estimate of drug-likeness (QED) is 0.777. The Morgan fingerprint density at radius 1 is 1.20 bits per heavy atom. The molecule has 1 aromatic rings. The minimum absolute atomic E-state index is 0.0455. The number of hydrogen-bond acceptors (Lipinski definition) is 2. The van der Waals surface area contributed by atoms with Crippen LogP contribution >= 0.6 is 0 Å². The van der Waals surface area contributed by atoms with Gasteiger partial charge in [0.15, 0.2) is 5.78 Å². The predicted octanol–water partition coefficient (Wildman–Crippen LogP) is 4.25. The van der Waals surface area contributed by atoms with Crippen LogP contribution in [0.2, 0.25) is 0 Å². The molecule has 1 aromatic carbocycles. The van der Waals surface area contributed by atoms with Crippen molar-refractivity contribution in [1.29, 1.82) is 0 Å². The number of carbonyl (C=O) groups excluding carboxylic acids is 1. The molecule has 0 saturated heterocycles. The molecule has 1 fully saturated rings. The van der Waals surface area contributed by atoms with E-state index in [0.29, 0.717) is 24.2 Å². The monoisotopic (exact) mass is 286 g/mol. The molecule has 2 rings (SSSR count). The van der Waals surface area contributed by atoms with Crippen LogP contribution in [0.4, 0.5) is 13.2 Å². The predicted molar refractivity (Wildman–Crippen MR) is 68.8 cm³/mol. The van der Waals surface area contributed by atoms with Crippen molar-refractivity contribution >= 4 is 5.78 Å². The van der Waals surface area contributed by atoms with Crippen molar-refractivity contribution < 1.29 is 22.7 Å². The van der Waals surface area contributed by atoms with Crippen molar-refractivity contribution in [3.63, 3.8) is 0 Å². The Balaban J connectivity index is 2.01. The van der Waals surface area contributed by atoms with Gasteiger partial charge in [-0.2, -0.15) is 13.2 Å². The van der Waals surface area contributed by atoms with E-state index in [1.807, 2.05) is 0 Å². The second kappa shape index (κ2) is 5.85. The lowest BCUT2D eigenvalue weighted by atomic mass is 9.78. The molecule has 0 spiro atoms. The first-order valence-corrected chi connectivity index (χ1v) is 6.67. The van der Waals surface area contributed by atoms with Gasteiger partial charge in [-0.3, -0.25) is 4.79 Å². The summed E-state index contributed by atoms with van der Waals surface area (Å²) in [5.41, 5.74) is 0.514. The standard InChI is InChI=1S/C15H17F3O2/c1-20-13-4-2-3-11(9-13)14(19)10-5-7-12(8-6-10)15(16,17)18/h2-4,9-10,12H,5-8H2,1H3. The maximum atomic E-state index is 12.6. The fourth-order valence-corrected chi connectivity index (χ4v) is 2.69. The van der Waals surface area contributed by atoms with E-state index in [9.17, 15) is 18.0 Å². The second-order valence-corrected chi connectivity index (χ2v) is 5.19. The smallest absolute Gasteiger partial charge is 0.391 e. The molecule has 0 heterocycles. The fourth-order valence-electron chi connectivity index (χ4n) is 2.69. The number of ketones is 1. The lowest BCUT2D eigenvalue weighted by Crippen LogP contribution is -2.30. The van der Waals surface area contributed by atoms with E-state index in [1.165, 1.54) is 7.11 Å². The zero-order valence-electron chi connectivity index (χ0n) is 11.2. The number of carbonyl (C=O) groups is 1. The van der Waals surface area contributed by atoms with E-state index >= 15 is 0 Å². The highest BCUT2D eigenvalue weighted by Gasteiger charge is 2.42. The molecule has 0 bridgehead atoms. The van der Waals surface area contributed by atoms with Crippen molar-refractivity contribution in [2.45, 2.75) is 31.9 Å². The summed E-state index contributed by atoms with van der Waals surface area (Å²) in [5.74, 6) is -1.05. The first-order chi connectivity index (χ1) is 9.41. The lowest BCUT2D eigenvalue weighted by molar-refractivity contribution is -0.183. The molecule has 1 aliphatic carbocycles. The topological polar surface area (TPSA) is 26.3 Å². The summed E-state index contributed by atoms with van der Waals surface area (Å²) < 4.78 is 42.8. The molecule has 0 radical (unpaired) electrons.